The fourth-order valence-corrected chi connectivity index (χ4v) is 2.04. The smallest absolute Gasteiger partial charge is 0.319 e. The quantitative estimate of drug-likeness (QED) is 0.789. The van der Waals surface area contributed by atoms with Crippen LogP contribution in [-0.4, -0.2) is 36.4 Å². The van der Waals surface area contributed by atoms with Gasteiger partial charge >= 0.3 is 6.03 Å². The number of nitrogens with zero attached hydrogens (tertiary/aromatic N) is 2. The van der Waals surface area contributed by atoms with Crippen molar-refractivity contribution in [2.45, 2.75) is 19.4 Å². The van der Waals surface area contributed by atoms with Gasteiger partial charge in [0.05, 0.1) is 11.9 Å². The summed E-state index contributed by atoms with van der Waals surface area (Å²) in [6, 6.07) is 8.14. The Kier molecular flexibility index (Phi) is 4.81. The highest BCUT2D eigenvalue weighted by atomic mass is 16.2. The summed E-state index contributed by atoms with van der Waals surface area (Å²) in [7, 11) is 4.03. The van der Waals surface area contributed by atoms with Crippen LogP contribution < -0.4 is 15.5 Å². The van der Waals surface area contributed by atoms with E-state index in [2.05, 4.69) is 50.0 Å². The maximum Gasteiger partial charge on any atom is 0.319 e. The van der Waals surface area contributed by atoms with Gasteiger partial charge in [0.2, 0.25) is 0 Å². The molecule has 2 amide bonds. The molecule has 0 aliphatic heterocycles. The van der Waals surface area contributed by atoms with Crippen LogP contribution in [0.15, 0.2) is 36.7 Å². The minimum atomic E-state index is -0.228. The maximum absolute atomic E-state index is 11.8. The first-order chi connectivity index (χ1) is 10.0. The van der Waals surface area contributed by atoms with Crippen molar-refractivity contribution in [3.05, 3.63) is 42.2 Å². The van der Waals surface area contributed by atoms with E-state index in [4.69, 9.17) is 0 Å². The van der Waals surface area contributed by atoms with Crippen LogP contribution in [0.5, 0.6) is 0 Å². The number of aromatic nitrogens is 2. The minimum Gasteiger partial charge on any atom is -0.378 e. The monoisotopic (exact) mass is 287 g/mol. The number of hydrogen-bond donors (Lipinski definition) is 3. The lowest BCUT2D eigenvalue weighted by molar-refractivity contribution is 0.249. The Hall–Kier alpha value is -2.50. The van der Waals surface area contributed by atoms with Gasteiger partial charge in [0.1, 0.15) is 0 Å². The predicted molar refractivity (Wildman–Crippen MR) is 84.7 cm³/mol. The number of benzene rings is 1. The van der Waals surface area contributed by atoms with Gasteiger partial charge in [-0.2, -0.15) is 5.10 Å². The Morgan fingerprint density at radius 2 is 2.05 bits per heavy atom. The highest BCUT2D eigenvalue weighted by Gasteiger charge is 2.09. The SMILES string of the molecule is C[C@H](Cc1ccc(N(C)C)cc1)NC(=O)Nc1cn[nH]c1. The summed E-state index contributed by atoms with van der Waals surface area (Å²) in [6.45, 7) is 1.98. The fourth-order valence-electron chi connectivity index (χ4n) is 2.04. The maximum atomic E-state index is 11.8. The molecule has 6 nitrogen and oxygen atoms in total. The first-order valence-corrected chi connectivity index (χ1v) is 6.87. The van der Waals surface area contributed by atoms with Gasteiger partial charge in [-0.15, -0.1) is 0 Å². The lowest BCUT2D eigenvalue weighted by Crippen LogP contribution is -2.37. The van der Waals surface area contributed by atoms with Gasteiger partial charge in [0, 0.05) is 32.0 Å². The van der Waals surface area contributed by atoms with Crippen LogP contribution in [0.2, 0.25) is 0 Å². The summed E-state index contributed by atoms with van der Waals surface area (Å²) in [5.41, 5.74) is 3.00. The highest BCUT2D eigenvalue weighted by molar-refractivity contribution is 5.89. The third-order valence-corrected chi connectivity index (χ3v) is 3.13. The molecular weight excluding hydrogens is 266 g/mol. The van der Waals surface area contributed by atoms with Crippen LogP contribution in [0.1, 0.15) is 12.5 Å². The Labute approximate surface area is 124 Å². The Morgan fingerprint density at radius 1 is 1.33 bits per heavy atom. The molecule has 2 rings (SSSR count). The van der Waals surface area contributed by atoms with Crippen molar-refractivity contribution >= 4 is 17.4 Å². The molecule has 0 saturated carbocycles. The molecule has 0 radical (unpaired) electrons. The summed E-state index contributed by atoms with van der Waals surface area (Å²) >= 11 is 0. The van der Waals surface area contributed by atoms with Crippen LogP contribution in [0, 0.1) is 0 Å². The Balaban J connectivity index is 1.83. The molecule has 21 heavy (non-hydrogen) atoms. The molecule has 6 heteroatoms. The molecule has 0 fully saturated rings. The molecule has 3 N–H and O–H groups in total. The summed E-state index contributed by atoms with van der Waals surface area (Å²) in [5.74, 6) is 0. The number of urea groups is 1. The predicted octanol–water partition coefficient (Wildman–Crippen LogP) is 2.23. The highest BCUT2D eigenvalue weighted by Crippen LogP contribution is 2.13. The zero-order chi connectivity index (χ0) is 15.2. The topological polar surface area (TPSA) is 73.1 Å². The summed E-state index contributed by atoms with van der Waals surface area (Å²) in [4.78, 5) is 13.8. The standard InChI is InChI=1S/C15H21N5O/c1-11(18-15(21)19-13-9-16-17-10-13)8-12-4-6-14(7-5-12)20(2)3/h4-7,9-11H,8H2,1-3H3,(H,16,17)(H2,18,19,21)/t11-/m1/s1. The van der Waals surface area contributed by atoms with E-state index in [0.29, 0.717) is 5.69 Å². The van der Waals surface area contributed by atoms with Crippen molar-refractivity contribution in [1.29, 1.82) is 0 Å². The number of H-pyrrole nitrogens is 1. The first-order valence-electron chi connectivity index (χ1n) is 6.87. The van der Waals surface area contributed by atoms with Gasteiger partial charge < -0.3 is 15.5 Å². The van der Waals surface area contributed by atoms with Gasteiger partial charge in [-0.1, -0.05) is 12.1 Å². The van der Waals surface area contributed by atoms with Crippen molar-refractivity contribution in [2.24, 2.45) is 0 Å². The zero-order valence-corrected chi connectivity index (χ0v) is 12.6. The van der Waals surface area contributed by atoms with Gasteiger partial charge in [-0.25, -0.2) is 4.79 Å². The number of carbonyl (C=O) groups is 1. The zero-order valence-electron chi connectivity index (χ0n) is 12.6. The molecule has 112 valence electrons. The van der Waals surface area contributed by atoms with Crippen molar-refractivity contribution in [2.75, 3.05) is 24.3 Å². The number of amides is 2. The molecule has 0 aliphatic rings. The molecule has 0 spiro atoms. The van der Waals surface area contributed by atoms with E-state index in [1.54, 1.807) is 12.4 Å². The van der Waals surface area contributed by atoms with Gasteiger partial charge in [0.25, 0.3) is 0 Å². The van der Waals surface area contributed by atoms with E-state index >= 15 is 0 Å². The third kappa shape index (κ3) is 4.52. The van der Waals surface area contributed by atoms with Crippen LogP contribution in [0.3, 0.4) is 0 Å². The average molecular weight is 287 g/mol. The number of nitrogens with one attached hydrogen (secondary N) is 3. The molecule has 0 saturated heterocycles. The van der Waals surface area contributed by atoms with Crippen molar-refractivity contribution in [1.82, 2.24) is 15.5 Å². The van der Waals surface area contributed by atoms with Gasteiger partial charge in [-0.05, 0) is 31.0 Å². The largest absolute Gasteiger partial charge is 0.378 e. The minimum absolute atomic E-state index is 0.0436. The first kappa shape index (κ1) is 14.9. The molecule has 0 unspecified atom stereocenters. The van der Waals surface area contributed by atoms with E-state index in [0.717, 1.165) is 12.1 Å². The molecule has 1 aromatic carbocycles. The van der Waals surface area contributed by atoms with Crippen LogP contribution in [-0.2, 0) is 6.42 Å². The molecular formula is C15H21N5O. The number of rotatable bonds is 5. The van der Waals surface area contributed by atoms with E-state index in [1.807, 2.05) is 21.0 Å². The van der Waals surface area contributed by atoms with Crippen molar-refractivity contribution in [3.8, 4) is 0 Å². The van der Waals surface area contributed by atoms with Crippen molar-refractivity contribution in [3.63, 3.8) is 0 Å². The van der Waals surface area contributed by atoms with E-state index < -0.39 is 0 Å². The Bertz CT molecular complexity index is 562. The summed E-state index contributed by atoms with van der Waals surface area (Å²) in [6.07, 6.45) is 3.97. The number of anilines is 2. The summed E-state index contributed by atoms with van der Waals surface area (Å²) < 4.78 is 0. The average Bonchev–Trinajstić information content (AvgIpc) is 2.91. The number of carbonyl (C=O) groups excluding carboxylic acids is 1. The van der Waals surface area contributed by atoms with E-state index in [9.17, 15) is 4.79 Å². The number of aromatic amines is 1. The summed E-state index contributed by atoms with van der Waals surface area (Å²) in [5, 5.41) is 12.0. The van der Waals surface area contributed by atoms with Crippen LogP contribution in [0.25, 0.3) is 0 Å². The molecule has 0 bridgehead atoms. The van der Waals surface area contributed by atoms with E-state index in [1.165, 1.54) is 5.56 Å². The second-order valence-electron chi connectivity index (χ2n) is 5.25. The molecule has 0 aliphatic carbocycles. The number of hydrogen-bond acceptors (Lipinski definition) is 3. The molecule has 2 aromatic rings. The normalized spacial score (nSPS) is 11.8. The van der Waals surface area contributed by atoms with Gasteiger partial charge in [0.15, 0.2) is 0 Å². The second-order valence-corrected chi connectivity index (χ2v) is 5.25. The van der Waals surface area contributed by atoms with Crippen LogP contribution >= 0.6 is 0 Å². The van der Waals surface area contributed by atoms with Crippen LogP contribution in [0.4, 0.5) is 16.2 Å². The molecule has 1 atom stereocenters. The Morgan fingerprint density at radius 3 is 2.62 bits per heavy atom. The third-order valence-electron chi connectivity index (χ3n) is 3.13. The second kappa shape index (κ2) is 6.78. The van der Waals surface area contributed by atoms with Crippen molar-refractivity contribution < 1.29 is 4.79 Å². The fraction of sp³-hybridized carbons (Fsp3) is 0.333. The van der Waals surface area contributed by atoms with E-state index in [-0.39, 0.29) is 12.1 Å². The van der Waals surface area contributed by atoms with Gasteiger partial charge in [-0.3, -0.25) is 5.10 Å². The molecule has 1 heterocycles. The lowest BCUT2D eigenvalue weighted by Gasteiger charge is -2.16. The molecule has 1 aromatic heterocycles. The lowest BCUT2D eigenvalue weighted by atomic mass is 10.1.